The zero-order valence-corrected chi connectivity index (χ0v) is 15.8. The predicted molar refractivity (Wildman–Crippen MR) is 99.6 cm³/mol. The van der Waals surface area contributed by atoms with Gasteiger partial charge in [-0.1, -0.05) is 11.6 Å². The molecule has 0 aromatic carbocycles. The van der Waals surface area contributed by atoms with Crippen molar-refractivity contribution < 1.29 is 9.47 Å². The van der Waals surface area contributed by atoms with Crippen molar-refractivity contribution in [2.45, 2.75) is 38.6 Å². The number of fused-ring (bicyclic) bond motifs is 3. The topological polar surface area (TPSA) is 86.1 Å². The van der Waals surface area contributed by atoms with E-state index in [0.29, 0.717) is 35.8 Å². The molecule has 1 saturated heterocycles. The number of hydrogen-bond donors (Lipinski definition) is 2. The number of rotatable bonds is 1. The lowest BCUT2D eigenvalue weighted by atomic mass is 9.92. The van der Waals surface area contributed by atoms with Crippen LogP contribution in [0.5, 0.6) is 5.88 Å². The van der Waals surface area contributed by atoms with Crippen LogP contribution in [0, 0.1) is 6.92 Å². The molecule has 2 aliphatic rings. The van der Waals surface area contributed by atoms with Crippen LogP contribution in [0.15, 0.2) is 6.20 Å². The largest absolute Gasteiger partial charge is 0.475 e. The maximum Gasteiger partial charge on any atom is 0.257 e. The predicted octanol–water partition coefficient (Wildman–Crippen LogP) is 3.10. The Hall–Kier alpha value is -2.06. The molecular formula is C17H23ClN6O2. The molecule has 9 heteroatoms. The Balaban J connectivity index is 1.75. The first-order valence-electron chi connectivity index (χ1n) is 8.91. The Morgan fingerprint density at radius 1 is 1.27 bits per heavy atom. The molecule has 8 nitrogen and oxygen atoms in total. The summed E-state index contributed by atoms with van der Waals surface area (Å²) < 4.78 is 13.6. The molecule has 0 saturated carbocycles. The fraction of sp³-hybridized carbons (Fsp3) is 0.588. The average Bonchev–Trinajstić information content (AvgIpc) is 2.93. The molecule has 0 unspecified atom stereocenters. The van der Waals surface area contributed by atoms with Gasteiger partial charge in [0.1, 0.15) is 10.7 Å². The number of halogens is 1. The van der Waals surface area contributed by atoms with Crippen molar-refractivity contribution >= 4 is 29.1 Å². The molecule has 0 radical (unpaired) electrons. The maximum absolute atomic E-state index is 6.17. The summed E-state index contributed by atoms with van der Waals surface area (Å²) in [5, 5.41) is 11.8. The van der Waals surface area contributed by atoms with Crippen molar-refractivity contribution in [2.24, 2.45) is 0 Å². The van der Waals surface area contributed by atoms with Gasteiger partial charge in [0.15, 0.2) is 5.82 Å². The van der Waals surface area contributed by atoms with E-state index in [4.69, 9.17) is 26.2 Å². The lowest BCUT2D eigenvalue weighted by molar-refractivity contribution is 0.0226. The van der Waals surface area contributed by atoms with Crippen LogP contribution >= 0.6 is 11.6 Å². The van der Waals surface area contributed by atoms with Gasteiger partial charge in [-0.15, -0.1) is 5.10 Å². The van der Waals surface area contributed by atoms with E-state index in [1.165, 1.54) is 0 Å². The molecule has 0 aliphatic carbocycles. The second-order valence-corrected chi connectivity index (χ2v) is 7.34. The summed E-state index contributed by atoms with van der Waals surface area (Å²) in [5.41, 5.74) is 1.70. The van der Waals surface area contributed by atoms with Crippen LogP contribution in [0.25, 0.3) is 0 Å². The minimum Gasteiger partial charge on any atom is -0.475 e. The molecular weight excluding hydrogens is 356 g/mol. The standard InChI is InChI=1S/C17H23ClN6O2/c1-11-13-15(23-24(11)17(2)4-8-25-9-5-17)26-7-3-6-19-14-12(18)10-20-16(21-13)22-14/h10H,3-9H2,1-2H3,(H2,19,20,21,22). The Kier molecular flexibility index (Phi) is 4.62. The van der Waals surface area contributed by atoms with E-state index in [-0.39, 0.29) is 5.54 Å². The number of hydrogen-bond acceptors (Lipinski definition) is 7. The van der Waals surface area contributed by atoms with E-state index < -0.39 is 0 Å². The van der Waals surface area contributed by atoms with Crippen molar-refractivity contribution in [3.05, 3.63) is 16.9 Å². The smallest absolute Gasteiger partial charge is 0.257 e. The zero-order chi connectivity index (χ0) is 18.1. The summed E-state index contributed by atoms with van der Waals surface area (Å²) in [4.78, 5) is 8.76. The highest BCUT2D eigenvalue weighted by Gasteiger charge is 2.34. The van der Waals surface area contributed by atoms with Gasteiger partial charge in [0, 0.05) is 19.8 Å². The van der Waals surface area contributed by atoms with Crippen LogP contribution in [0.1, 0.15) is 31.9 Å². The van der Waals surface area contributed by atoms with Crippen molar-refractivity contribution in [1.82, 2.24) is 19.7 Å². The van der Waals surface area contributed by atoms with Gasteiger partial charge >= 0.3 is 0 Å². The van der Waals surface area contributed by atoms with Gasteiger partial charge in [0.25, 0.3) is 5.88 Å². The van der Waals surface area contributed by atoms with Gasteiger partial charge in [0.2, 0.25) is 5.95 Å². The first-order valence-corrected chi connectivity index (χ1v) is 9.29. The summed E-state index contributed by atoms with van der Waals surface area (Å²) >= 11 is 6.17. The second-order valence-electron chi connectivity index (χ2n) is 6.93. The SMILES string of the molecule is Cc1c2c(nn1C1(C)CCOCC1)OCCCNc1nc(ncc1Cl)N2. The van der Waals surface area contributed by atoms with Crippen LogP contribution in [0.2, 0.25) is 5.02 Å². The number of ether oxygens (including phenoxy) is 2. The van der Waals surface area contributed by atoms with Gasteiger partial charge in [-0.2, -0.15) is 4.98 Å². The molecule has 4 heterocycles. The summed E-state index contributed by atoms with van der Waals surface area (Å²) in [5.74, 6) is 1.66. The third kappa shape index (κ3) is 3.19. The minimum absolute atomic E-state index is 0.0923. The first-order chi connectivity index (χ1) is 12.6. The molecule has 2 N–H and O–H groups in total. The highest BCUT2D eigenvalue weighted by molar-refractivity contribution is 6.32. The van der Waals surface area contributed by atoms with E-state index in [9.17, 15) is 0 Å². The van der Waals surface area contributed by atoms with Crippen molar-refractivity contribution in [3.8, 4) is 5.88 Å². The van der Waals surface area contributed by atoms with Crippen LogP contribution in [-0.2, 0) is 10.3 Å². The van der Waals surface area contributed by atoms with E-state index in [2.05, 4.69) is 32.2 Å². The van der Waals surface area contributed by atoms with Crippen molar-refractivity contribution in [3.63, 3.8) is 0 Å². The maximum atomic E-state index is 6.17. The number of aromatic nitrogens is 4. The van der Waals surface area contributed by atoms with Gasteiger partial charge < -0.3 is 20.1 Å². The third-order valence-corrected chi connectivity index (χ3v) is 5.28. The fourth-order valence-corrected chi connectivity index (χ4v) is 3.54. The van der Waals surface area contributed by atoms with Crippen LogP contribution in [0.4, 0.5) is 17.5 Å². The molecule has 2 aliphatic heterocycles. The van der Waals surface area contributed by atoms with Crippen molar-refractivity contribution in [2.75, 3.05) is 37.0 Å². The molecule has 26 heavy (non-hydrogen) atoms. The van der Waals surface area contributed by atoms with E-state index >= 15 is 0 Å². The summed E-state index contributed by atoms with van der Waals surface area (Å²) in [6.07, 6.45) is 4.24. The minimum atomic E-state index is -0.0923. The third-order valence-electron chi connectivity index (χ3n) is 5.00. The summed E-state index contributed by atoms with van der Waals surface area (Å²) in [7, 11) is 0. The fourth-order valence-electron chi connectivity index (χ4n) is 3.38. The van der Waals surface area contributed by atoms with E-state index in [1.54, 1.807) is 6.20 Å². The molecule has 1 fully saturated rings. The Morgan fingerprint density at radius 2 is 2.08 bits per heavy atom. The highest BCUT2D eigenvalue weighted by atomic mass is 35.5. The van der Waals surface area contributed by atoms with Crippen LogP contribution in [-0.4, -0.2) is 46.1 Å². The van der Waals surface area contributed by atoms with Crippen molar-refractivity contribution in [1.29, 1.82) is 0 Å². The number of anilines is 3. The van der Waals surface area contributed by atoms with Gasteiger partial charge in [-0.25, -0.2) is 4.98 Å². The normalized spacial score (nSPS) is 19.3. The molecule has 2 aromatic heterocycles. The Labute approximate surface area is 157 Å². The summed E-state index contributed by atoms with van der Waals surface area (Å²) in [6, 6.07) is 0. The lowest BCUT2D eigenvalue weighted by Gasteiger charge is -2.34. The molecule has 2 bridgehead atoms. The molecule has 0 amide bonds. The van der Waals surface area contributed by atoms with E-state index in [1.807, 2.05) is 6.92 Å². The average molecular weight is 379 g/mol. The molecule has 2 aromatic rings. The number of nitrogens with one attached hydrogen (secondary N) is 2. The monoisotopic (exact) mass is 378 g/mol. The molecule has 0 atom stereocenters. The molecule has 140 valence electrons. The molecule has 0 spiro atoms. The zero-order valence-electron chi connectivity index (χ0n) is 15.0. The quantitative estimate of drug-likeness (QED) is 0.788. The van der Waals surface area contributed by atoms with E-state index in [0.717, 1.165) is 43.9 Å². The first kappa shape index (κ1) is 17.4. The lowest BCUT2D eigenvalue weighted by Crippen LogP contribution is -2.38. The van der Waals surface area contributed by atoms with Crippen LogP contribution in [0.3, 0.4) is 0 Å². The van der Waals surface area contributed by atoms with Crippen LogP contribution < -0.4 is 15.4 Å². The Bertz CT molecular complexity index is 803. The summed E-state index contributed by atoms with van der Waals surface area (Å²) in [6.45, 7) is 7.00. The Morgan fingerprint density at radius 3 is 2.88 bits per heavy atom. The highest BCUT2D eigenvalue weighted by Crippen LogP contribution is 2.37. The van der Waals surface area contributed by atoms with Gasteiger partial charge in [0.05, 0.1) is 24.0 Å². The second kappa shape index (κ2) is 6.92. The molecule has 4 rings (SSSR count). The van der Waals surface area contributed by atoms with Gasteiger partial charge in [-0.05, 0) is 33.1 Å². The number of nitrogens with zero attached hydrogens (tertiary/aromatic N) is 4. The van der Waals surface area contributed by atoms with Gasteiger partial charge in [-0.3, -0.25) is 4.68 Å².